The van der Waals surface area contributed by atoms with Gasteiger partial charge in [0, 0.05) is 18.9 Å². The number of aromatic amines is 2. The Bertz CT molecular complexity index is 908. The number of hydrogen-bond donors (Lipinski definition) is 2. The van der Waals surface area contributed by atoms with Gasteiger partial charge in [0.2, 0.25) is 0 Å². The number of rotatable bonds is 2. The highest BCUT2D eigenvalue weighted by atomic mass is 79.9. The standard InChI is InChI=1S/C12H10BrN5O2/c1-2-18-5-7(13)10-9(18)3-8(16-17-10)6-4-14-12(20)15-11(6)19/h3-5H,2H2,1H3,(H2,14,15,19,20). The molecule has 0 aliphatic heterocycles. The first-order chi connectivity index (χ1) is 9.60. The summed E-state index contributed by atoms with van der Waals surface area (Å²) in [6.45, 7) is 2.79. The van der Waals surface area contributed by atoms with Gasteiger partial charge in [0.1, 0.15) is 11.2 Å². The molecule has 0 saturated heterocycles. The number of H-pyrrole nitrogens is 2. The van der Waals surface area contributed by atoms with E-state index < -0.39 is 11.2 Å². The minimum atomic E-state index is -0.549. The molecule has 0 aromatic carbocycles. The van der Waals surface area contributed by atoms with Gasteiger partial charge in [-0.25, -0.2) is 4.79 Å². The Morgan fingerprint density at radius 2 is 2.15 bits per heavy atom. The third-order valence-corrected chi connectivity index (χ3v) is 3.59. The van der Waals surface area contributed by atoms with Crippen LogP contribution >= 0.6 is 15.9 Å². The molecule has 3 rings (SSSR count). The molecule has 0 radical (unpaired) electrons. The molecule has 20 heavy (non-hydrogen) atoms. The van der Waals surface area contributed by atoms with Gasteiger partial charge in [0.05, 0.1) is 15.6 Å². The maximum atomic E-state index is 11.8. The first kappa shape index (κ1) is 12.8. The topological polar surface area (TPSA) is 96.4 Å². The second kappa shape index (κ2) is 4.71. The summed E-state index contributed by atoms with van der Waals surface area (Å²) in [6, 6.07) is 1.78. The van der Waals surface area contributed by atoms with Crippen molar-refractivity contribution < 1.29 is 0 Å². The van der Waals surface area contributed by atoms with Gasteiger partial charge < -0.3 is 9.55 Å². The maximum Gasteiger partial charge on any atom is 0.325 e. The van der Waals surface area contributed by atoms with Crippen molar-refractivity contribution in [3.05, 3.63) is 43.8 Å². The van der Waals surface area contributed by atoms with Crippen LogP contribution in [0.25, 0.3) is 22.3 Å². The van der Waals surface area contributed by atoms with E-state index >= 15 is 0 Å². The zero-order valence-electron chi connectivity index (χ0n) is 10.5. The lowest BCUT2D eigenvalue weighted by Gasteiger charge is -2.02. The van der Waals surface area contributed by atoms with Crippen LogP contribution in [0.2, 0.25) is 0 Å². The second-order valence-corrected chi connectivity index (χ2v) is 5.07. The van der Waals surface area contributed by atoms with Crippen molar-refractivity contribution in [1.29, 1.82) is 0 Å². The molecule has 3 heterocycles. The van der Waals surface area contributed by atoms with Crippen molar-refractivity contribution in [1.82, 2.24) is 24.7 Å². The lowest BCUT2D eigenvalue weighted by atomic mass is 10.2. The van der Waals surface area contributed by atoms with Crippen LogP contribution in [-0.4, -0.2) is 24.7 Å². The number of aromatic nitrogens is 5. The predicted octanol–water partition coefficient (Wildman–Crippen LogP) is 1.26. The average Bonchev–Trinajstić information content (AvgIpc) is 2.75. The number of hydrogen-bond acceptors (Lipinski definition) is 4. The smallest absolute Gasteiger partial charge is 0.325 e. The van der Waals surface area contributed by atoms with Gasteiger partial charge in [-0.2, -0.15) is 0 Å². The van der Waals surface area contributed by atoms with Gasteiger partial charge in [-0.05, 0) is 28.9 Å². The van der Waals surface area contributed by atoms with Crippen molar-refractivity contribution >= 4 is 27.0 Å². The Morgan fingerprint density at radius 1 is 1.35 bits per heavy atom. The monoisotopic (exact) mass is 335 g/mol. The van der Waals surface area contributed by atoms with E-state index in [1.165, 1.54) is 6.20 Å². The molecule has 0 aliphatic rings. The van der Waals surface area contributed by atoms with Crippen LogP contribution in [0, 0.1) is 0 Å². The largest absolute Gasteiger partial charge is 0.345 e. The Kier molecular flexibility index (Phi) is 3.01. The molecule has 8 heteroatoms. The third kappa shape index (κ3) is 1.97. The van der Waals surface area contributed by atoms with Gasteiger partial charge in [0.15, 0.2) is 0 Å². The van der Waals surface area contributed by atoms with E-state index in [-0.39, 0.29) is 5.56 Å². The molecule has 0 saturated carbocycles. The van der Waals surface area contributed by atoms with E-state index in [0.29, 0.717) is 5.69 Å². The zero-order valence-corrected chi connectivity index (χ0v) is 12.1. The minimum absolute atomic E-state index is 0.277. The Labute approximate surface area is 120 Å². The molecule has 2 N–H and O–H groups in total. The number of fused-ring (bicyclic) bond motifs is 1. The van der Waals surface area contributed by atoms with Crippen LogP contribution in [0.15, 0.2) is 32.5 Å². The van der Waals surface area contributed by atoms with Crippen LogP contribution in [0.4, 0.5) is 0 Å². The van der Waals surface area contributed by atoms with Gasteiger partial charge in [-0.3, -0.25) is 9.78 Å². The maximum absolute atomic E-state index is 11.8. The van der Waals surface area contributed by atoms with Crippen molar-refractivity contribution in [3.8, 4) is 11.3 Å². The Morgan fingerprint density at radius 3 is 2.85 bits per heavy atom. The van der Waals surface area contributed by atoms with Crippen molar-refractivity contribution in [2.24, 2.45) is 0 Å². The summed E-state index contributed by atoms with van der Waals surface area (Å²) in [4.78, 5) is 27.4. The number of nitrogens with zero attached hydrogens (tertiary/aromatic N) is 3. The van der Waals surface area contributed by atoms with E-state index in [9.17, 15) is 9.59 Å². The lowest BCUT2D eigenvalue weighted by Crippen LogP contribution is -2.22. The first-order valence-electron chi connectivity index (χ1n) is 5.94. The summed E-state index contributed by atoms with van der Waals surface area (Å²) in [5.74, 6) is 0. The molecule has 0 atom stereocenters. The molecule has 0 unspecified atom stereocenters. The van der Waals surface area contributed by atoms with Crippen LogP contribution in [0.3, 0.4) is 0 Å². The molecule has 0 bridgehead atoms. The SMILES string of the molecule is CCn1cc(Br)c2nnc(-c3c[nH]c(=O)[nH]c3=O)cc21. The molecule has 3 aromatic rings. The van der Waals surface area contributed by atoms with Crippen molar-refractivity contribution in [3.63, 3.8) is 0 Å². The van der Waals surface area contributed by atoms with Crippen LogP contribution < -0.4 is 11.2 Å². The van der Waals surface area contributed by atoms with Gasteiger partial charge >= 0.3 is 5.69 Å². The molecule has 0 amide bonds. The normalized spacial score (nSPS) is 11.1. The molecular weight excluding hydrogens is 326 g/mol. The molecule has 0 spiro atoms. The second-order valence-electron chi connectivity index (χ2n) is 4.21. The van der Waals surface area contributed by atoms with Crippen LogP contribution in [-0.2, 0) is 6.54 Å². The number of nitrogens with one attached hydrogen (secondary N) is 2. The van der Waals surface area contributed by atoms with Crippen LogP contribution in [0.5, 0.6) is 0 Å². The summed E-state index contributed by atoms with van der Waals surface area (Å²) in [5.41, 5.74) is 1.25. The zero-order chi connectivity index (χ0) is 14.3. The summed E-state index contributed by atoms with van der Waals surface area (Å²) >= 11 is 3.42. The van der Waals surface area contributed by atoms with Crippen LogP contribution in [0.1, 0.15) is 6.92 Å². The minimum Gasteiger partial charge on any atom is -0.345 e. The average molecular weight is 336 g/mol. The van der Waals surface area contributed by atoms with Crippen molar-refractivity contribution in [2.75, 3.05) is 0 Å². The summed E-state index contributed by atoms with van der Waals surface area (Å²) in [7, 11) is 0. The highest BCUT2D eigenvalue weighted by molar-refractivity contribution is 9.10. The van der Waals surface area contributed by atoms with E-state index in [1.54, 1.807) is 6.07 Å². The van der Waals surface area contributed by atoms with Crippen molar-refractivity contribution in [2.45, 2.75) is 13.5 Å². The fourth-order valence-corrected chi connectivity index (χ4v) is 2.56. The number of halogens is 1. The molecule has 0 fully saturated rings. The quantitative estimate of drug-likeness (QED) is 0.736. The Balaban J connectivity index is 2.27. The van der Waals surface area contributed by atoms with E-state index in [1.807, 2.05) is 17.7 Å². The van der Waals surface area contributed by atoms with Gasteiger partial charge in [0.25, 0.3) is 5.56 Å². The fourth-order valence-electron chi connectivity index (χ4n) is 2.03. The van der Waals surface area contributed by atoms with Gasteiger partial charge in [-0.15, -0.1) is 10.2 Å². The van der Waals surface area contributed by atoms with E-state index in [0.717, 1.165) is 22.1 Å². The molecule has 3 aromatic heterocycles. The lowest BCUT2D eigenvalue weighted by molar-refractivity contribution is 0.795. The molecular formula is C12H10BrN5O2. The summed E-state index contributed by atoms with van der Waals surface area (Å²) in [6.07, 6.45) is 3.26. The Hall–Kier alpha value is -2.22. The highest BCUT2D eigenvalue weighted by Gasteiger charge is 2.12. The summed E-state index contributed by atoms with van der Waals surface area (Å²) < 4.78 is 2.85. The highest BCUT2D eigenvalue weighted by Crippen LogP contribution is 2.25. The first-order valence-corrected chi connectivity index (χ1v) is 6.74. The summed E-state index contributed by atoms with van der Waals surface area (Å²) in [5, 5.41) is 8.17. The number of aryl methyl sites for hydroxylation is 1. The fraction of sp³-hybridized carbons (Fsp3) is 0.167. The predicted molar refractivity (Wildman–Crippen MR) is 77.6 cm³/mol. The molecule has 7 nitrogen and oxygen atoms in total. The van der Waals surface area contributed by atoms with E-state index in [4.69, 9.17) is 0 Å². The molecule has 0 aliphatic carbocycles. The van der Waals surface area contributed by atoms with E-state index in [2.05, 4.69) is 36.1 Å². The van der Waals surface area contributed by atoms with Gasteiger partial charge in [-0.1, -0.05) is 0 Å². The third-order valence-electron chi connectivity index (χ3n) is 3.01. The molecule has 102 valence electrons.